The summed E-state index contributed by atoms with van der Waals surface area (Å²) in [5.41, 5.74) is 1.19. The van der Waals surface area contributed by atoms with E-state index in [0.717, 1.165) is 58.8 Å². The maximum Gasteiger partial charge on any atom is 0.254 e. The second-order valence-electron chi connectivity index (χ2n) is 8.21. The largest absolute Gasteiger partial charge is 0.390 e. The van der Waals surface area contributed by atoms with Crippen molar-refractivity contribution in [2.75, 3.05) is 63.9 Å². The van der Waals surface area contributed by atoms with Gasteiger partial charge in [-0.25, -0.2) is 0 Å². The normalized spacial score (nSPS) is 29.1. The van der Waals surface area contributed by atoms with Gasteiger partial charge in [0, 0.05) is 51.5 Å². The molecule has 3 saturated heterocycles. The number of carbonyl (C=O) groups excluding carboxylic acids is 1. The molecular formula is C22H33N3O4. The fourth-order valence-corrected chi connectivity index (χ4v) is 4.46. The molecule has 3 atom stereocenters. The van der Waals surface area contributed by atoms with Gasteiger partial charge in [0.1, 0.15) is 0 Å². The highest BCUT2D eigenvalue weighted by Crippen LogP contribution is 2.25. The average Bonchev–Trinajstić information content (AvgIpc) is 2.79. The Morgan fingerprint density at radius 3 is 2.45 bits per heavy atom. The maximum absolute atomic E-state index is 13.1. The molecule has 0 radical (unpaired) electrons. The lowest BCUT2D eigenvalue weighted by atomic mass is 9.98. The van der Waals surface area contributed by atoms with Gasteiger partial charge in [-0.2, -0.15) is 0 Å². The van der Waals surface area contributed by atoms with Gasteiger partial charge in [0.05, 0.1) is 25.4 Å². The summed E-state index contributed by atoms with van der Waals surface area (Å²) in [6, 6.07) is 10.3. The van der Waals surface area contributed by atoms with Crippen molar-refractivity contribution in [1.29, 1.82) is 0 Å². The van der Waals surface area contributed by atoms with E-state index in [-0.39, 0.29) is 12.0 Å². The third-order valence-corrected chi connectivity index (χ3v) is 6.30. The number of hydrogen-bond acceptors (Lipinski definition) is 6. The zero-order valence-electron chi connectivity index (χ0n) is 17.1. The van der Waals surface area contributed by atoms with Crippen molar-refractivity contribution in [2.24, 2.45) is 0 Å². The summed E-state index contributed by atoms with van der Waals surface area (Å²) in [5.74, 6) is -0.0544. The molecule has 7 nitrogen and oxygen atoms in total. The topological polar surface area (TPSA) is 65.5 Å². The van der Waals surface area contributed by atoms with E-state index in [1.54, 1.807) is 0 Å². The first-order valence-electron chi connectivity index (χ1n) is 10.9. The van der Waals surface area contributed by atoms with E-state index in [0.29, 0.717) is 19.5 Å². The number of rotatable bonds is 5. The first-order valence-corrected chi connectivity index (χ1v) is 10.9. The SMILES string of the molecule is O=C(C1OC(CCN2CCOCC2)CCC1O)N1CCN(c2ccccc2)CC1. The Balaban J connectivity index is 1.27. The molecule has 7 heteroatoms. The molecule has 3 unspecified atom stereocenters. The molecule has 1 aromatic rings. The summed E-state index contributed by atoms with van der Waals surface area (Å²) in [7, 11) is 0. The van der Waals surface area contributed by atoms with Gasteiger partial charge >= 0.3 is 0 Å². The molecule has 160 valence electrons. The lowest BCUT2D eigenvalue weighted by molar-refractivity contribution is -0.169. The van der Waals surface area contributed by atoms with Crippen molar-refractivity contribution in [1.82, 2.24) is 9.80 Å². The number of ether oxygens (including phenoxy) is 2. The van der Waals surface area contributed by atoms with Crippen LogP contribution in [0.1, 0.15) is 19.3 Å². The average molecular weight is 404 g/mol. The van der Waals surface area contributed by atoms with Crippen molar-refractivity contribution in [3.8, 4) is 0 Å². The van der Waals surface area contributed by atoms with E-state index in [9.17, 15) is 9.90 Å². The van der Waals surface area contributed by atoms with Crippen LogP contribution in [0.15, 0.2) is 30.3 Å². The number of aliphatic hydroxyl groups is 1. The highest BCUT2D eigenvalue weighted by molar-refractivity contribution is 5.82. The first kappa shape index (κ1) is 20.6. The number of aliphatic hydroxyl groups excluding tert-OH is 1. The molecule has 1 aromatic carbocycles. The minimum atomic E-state index is -0.721. The predicted octanol–water partition coefficient (Wildman–Crippen LogP) is 0.966. The molecular weight excluding hydrogens is 370 g/mol. The minimum Gasteiger partial charge on any atom is -0.390 e. The van der Waals surface area contributed by atoms with Crippen molar-refractivity contribution < 1.29 is 19.4 Å². The lowest BCUT2D eigenvalue weighted by Crippen LogP contribution is -2.56. The fraction of sp³-hybridized carbons (Fsp3) is 0.682. The van der Waals surface area contributed by atoms with Gasteiger partial charge in [-0.15, -0.1) is 0 Å². The van der Waals surface area contributed by atoms with Crippen LogP contribution < -0.4 is 4.90 Å². The number of carbonyl (C=O) groups is 1. The van der Waals surface area contributed by atoms with E-state index < -0.39 is 12.2 Å². The molecule has 0 saturated carbocycles. The summed E-state index contributed by atoms with van der Waals surface area (Å²) < 4.78 is 11.5. The molecule has 1 amide bonds. The van der Waals surface area contributed by atoms with Crippen molar-refractivity contribution in [3.63, 3.8) is 0 Å². The number of anilines is 1. The zero-order valence-corrected chi connectivity index (χ0v) is 17.1. The fourth-order valence-electron chi connectivity index (χ4n) is 4.46. The Kier molecular flexibility index (Phi) is 7.02. The molecule has 3 fully saturated rings. The molecule has 3 heterocycles. The van der Waals surface area contributed by atoms with Crippen LogP contribution in [-0.4, -0.2) is 98.2 Å². The molecule has 4 rings (SSSR count). The third kappa shape index (κ3) is 5.28. The third-order valence-electron chi connectivity index (χ3n) is 6.30. The highest BCUT2D eigenvalue weighted by Gasteiger charge is 2.38. The van der Waals surface area contributed by atoms with Crippen LogP contribution >= 0.6 is 0 Å². The number of piperazine rings is 1. The quantitative estimate of drug-likeness (QED) is 0.790. The van der Waals surface area contributed by atoms with E-state index in [1.807, 2.05) is 23.1 Å². The lowest BCUT2D eigenvalue weighted by Gasteiger charge is -2.40. The van der Waals surface area contributed by atoms with Crippen LogP contribution in [0.2, 0.25) is 0 Å². The smallest absolute Gasteiger partial charge is 0.254 e. The molecule has 0 spiro atoms. The van der Waals surface area contributed by atoms with E-state index in [1.165, 1.54) is 5.69 Å². The van der Waals surface area contributed by atoms with Crippen molar-refractivity contribution in [3.05, 3.63) is 30.3 Å². The standard InChI is InChI=1S/C22H33N3O4/c26-20-7-6-19(8-9-23-14-16-28-17-15-23)29-21(20)22(27)25-12-10-24(11-13-25)18-4-2-1-3-5-18/h1-5,19-21,26H,6-17H2. The van der Waals surface area contributed by atoms with Crippen LogP contribution in [0, 0.1) is 0 Å². The summed E-state index contributed by atoms with van der Waals surface area (Å²) in [6.45, 7) is 7.41. The number of benzene rings is 1. The minimum absolute atomic E-state index is 0.0424. The van der Waals surface area contributed by atoms with Crippen molar-refractivity contribution >= 4 is 11.6 Å². The van der Waals surface area contributed by atoms with E-state index >= 15 is 0 Å². The van der Waals surface area contributed by atoms with Gasteiger partial charge in [-0.3, -0.25) is 9.69 Å². The molecule has 3 aliphatic heterocycles. The van der Waals surface area contributed by atoms with Gasteiger partial charge in [-0.05, 0) is 31.4 Å². The van der Waals surface area contributed by atoms with Crippen LogP contribution in [-0.2, 0) is 14.3 Å². The second kappa shape index (κ2) is 9.89. The molecule has 0 aliphatic carbocycles. The number of amides is 1. The first-order chi connectivity index (χ1) is 14.2. The summed E-state index contributed by atoms with van der Waals surface area (Å²) in [4.78, 5) is 19.6. The molecule has 0 bridgehead atoms. The number of morpholine rings is 1. The van der Waals surface area contributed by atoms with E-state index in [4.69, 9.17) is 9.47 Å². The molecule has 3 aliphatic rings. The van der Waals surface area contributed by atoms with Gasteiger partial charge < -0.3 is 24.4 Å². The van der Waals surface area contributed by atoms with Gasteiger partial charge in [0.2, 0.25) is 0 Å². The number of nitrogens with zero attached hydrogens (tertiary/aromatic N) is 3. The van der Waals surface area contributed by atoms with Gasteiger partial charge in [0.25, 0.3) is 5.91 Å². The Labute approximate surface area is 173 Å². The predicted molar refractivity (Wildman–Crippen MR) is 111 cm³/mol. The van der Waals surface area contributed by atoms with Crippen LogP contribution in [0.3, 0.4) is 0 Å². The van der Waals surface area contributed by atoms with Crippen molar-refractivity contribution in [2.45, 2.75) is 37.6 Å². The Morgan fingerprint density at radius 2 is 1.72 bits per heavy atom. The maximum atomic E-state index is 13.1. The van der Waals surface area contributed by atoms with Crippen LogP contribution in [0.25, 0.3) is 0 Å². The highest BCUT2D eigenvalue weighted by atomic mass is 16.5. The number of hydrogen-bond donors (Lipinski definition) is 1. The number of para-hydroxylation sites is 1. The molecule has 1 N–H and O–H groups in total. The summed E-state index contributed by atoms with van der Waals surface area (Å²) >= 11 is 0. The monoisotopic (exact) mass is 403 g/mol. The second-order valence-corrected chi connectivity index (χ2v) is 8.21. The van der Waals surface area contributed by atoms with Crippen LogP contribution in [0.5, 0.6) is 0 Å². The summed E-state index contributed by atoms with van der Waals surface area (Å²) in [5, 5.41) is 10.4. The Morgan fingerprint density at radius 1 is 1.00 bits per heavy atom. The van der Waals surface area contributed by atoms with E-state index in [2.05, 4.69) is 21.9 Å². The Bertz CT molecular complexity index is 645. The molecule has 29 heavy (non-hydrogen) atoms. The van der Waals surface area contributed by atoms with Gasteiger partial charge in [-0.1, -0.05) is 18.2 Å². The molecule has 0 aromatic heterocycles. The van der Waals surface area contributed by atoms with Crippen LogP contribution in [0.4, 0.5) is 5.69 Å². The Hall–Kier alpha value is -1.67. The van der Waals surface area contributed by atoms with Gasteiger partial charge in [0.15, 0.2) is 6.10 Å². The summed E-state index contributed by atoms with van der Waals surface area (Å²) in [6.07, 6.45) is 0.973. The zero-order chi connectivity index (χ0) is 20.1.